The van der Waals surface area contributed by atoms with Gasteiger partial charge in [0.2, 0.25) is 0 Å². The Morgan fingerprint density at radius 1 is 0.444 bits per heavy atom. The smallest absolute Gasteiger partial charge is 0.269 e. The van der Waals surface area contributed by atoms with Crippen LogP contribution >= 0.6 is 0 Å². The molecule has 0 unspecified atom stereocenters. The molecule has 45 heavy (non-hydrogen) atoms. The number of rotatable bonds is 9. The Labute approximate surface area is 255 Å². The van der Waals surface area contributed by atoms with E-state index in [1.165, 1.54) is 127 Å². The molecule has 4 aromatic carbocycles. The quantitative estimate of drug-likeness (QED) is 0.180. The maximum absolute atomic E-state index is 13.6. The molecule has 15 heteroatoms. The van der Waals surface area contributed by atoms with Crippen LogP contribution in [0.4, 0.5) is 34.1 Å². The molecule has 228 valence electrons. The van der Waals surface area contributed by atoms with E-state index >= 15 is 0 Å². The zero-order valence-electron chi connectivity index (χ0n) is 24.0. The fourth-order valence-corrected chi connectivity index (χ4v) is 4.32. The molecule has 0 saturated heterocycles. The SMILES string of the molecule is CN(C(=O)c1cc(C(=O)N(C)c2ccc([N+](=O)[O-])cc2)cc(C(=O)N(C)c2ccc([N+](=O)[O-])cc2)c1)c1ccc([N+](=O)[O-])cc1. The van der Waals surface area contributed by atoms with Gasteiger partial charge in [-0.05, 0) is 54.6 Å². The number of nitrogens with zero attached hydrogens (tertiary/aromatic N) is 6. The predicted octanol–water partition coefficient (Wildman–Crippen LogP) is 5.24. The van der Waals surface area contributed by atoms with E-state index in [0.29, 0.717) is 17.1 Å². The Morgan fingerprint density at radius 2 is 0.644 bits per heavy atom. The number of carbonyl (C=O) groups is 3. The molecule has 0 aromatic heterocycles. The highest BCUT2D eigenvalue weighted by Crippen LogP contribution is 2.26. The molecule has 0 aliphatic heterocycles. The van der Waals surface area contributed by atoms with Crippen LogP contribution in [0, 0.1) is 30.3 Å². The minimum Gasteiger partial charge on any atom is -0.311 e. The summed E-state index contributed by atoms with van der Waals surface area (Å²) >= 11 is 0. The molecule has 0 aliphatic carbocycles. The first-order chi connectivity index (χ1) is 21.3. The summed E-state index contributed by atoms with van der Waals surface area (Å²) in [6.45, 7) is 0. The van der Waals surface area contributed by atoms with E-state index < -0.39 is 32.5 Å². The number of non-ortho nitro benzene ring substituents is 3. The fraction of sp³-hybridized carbons (Fsp3) is 0.100. The van der Waals surface area contributed by atoms with Crippen molar-refractivity contribution in [2.45, 2.75) is 0 Å². The molecule has 0 atom stereocenters. The van der Waals surface area contributed by atoms with E-state index in [0.717, 1.165) is 0 Å². The van der Waals surface area contributed by atoms with Crippen LogP contribution < -0.4 is 14.7 Å². The summed E-state index contributed by atoms with van der Waals surface area (Å²) in [6, 6.07) is 19.5. The topological polar surface area (TPSA) is 190 Å². The molecule has 0 fully saturated rings. The zero-order valence-corrected chi connectivity index (χ0v) is 24.0. The standard InChI is InChI=1S/C30H24N6O9/c1-31(22-4-10-25(11-5-22)34(40)41)28(37)19-16-20(29(38)32(2)23-6-12-26(13-7-23)35(42)43)18-21(17-19)30(39)33(3)24-8-14-27(15-9-24)36(44)45/h4-18H,1-3H3. The van der Waals surface area contributed by atoms with Crippen molar-refractivity contribution in [2.75, 3.05) is 35.8 Å². The van der Waals surface area contributed by atoms with Crippen molar-refractivity contribution in [3.05, 3.63) is 138 Å². The van der Waals surface area contributed by atoms with Gasteiger partial charge in [0.15, 0.2) is 0 Å². The lowest BCUT2D eigenvalue weighted by Gasteiger charge is -2.22. The van der Waals surface area contributed by atoms with Gasteiger partial charge in [-0.25, -0.2) is 0 Å². The fourth-order valence-electron chi connectivity index (χ4n) is 4.32. The normalized spacial score (nSPS) is 10.5. The second-order valence-corrected chi connectivity index (χ2v) is 9.71. The summed E-state index contributed by atoms with van der Waals surface area (Å²) < 4.78 is 0. The molecule has 0 aliphatic rings. The van der Waals surface area contributed by atoms with E-state index in [4.69, 9.17) is 0 Å². The number of hydrogen-bond acceptors (Lipinski definition) is 9. The van der Waals surface area contributed by atoms with Crippen LogP contribution in [0.25, 0.3) is 0 Å². The maximum Gasteiger partial charge on any atom is 0.269 e. The molecule has 4 aromatic rings. The van der Waals surface area contributed by atoms with Crippen LogP contribution in [0.1, 0.15) is 31.1 Å². The van der Waals surface area contributed by atoms with Crippen molar-refractivity contribution in [1.82, 2.24) is 0 Å². The third-order valence-corrected chi connectivity index (χ3v) is 6.93. The minimum absolute atomic E-state index is 0.0562. The monoisotopic (exact) mass is 612 g/mol. The lowest BCUT2D eigenvalue weighted by molar-refractivity contribution is -0.385. The Hall–Kier alpha value is -6.51. The van der Waals surface area contributed by atoms with E-state index in [-0.39, 0.29) is 33.8 Å². The van der Waals surface area contributed by atoms with Crippen molar-refractivity contribution in [3.63, 3.8) is 0 Å². The van der Waals surface area contributed by atoms with Crippen molar-refractivity contribution in [3.8, 4) is 0 Å². The number of benzene rings is 4. The first kappa shape index (κ1) is 31.4. The number of hydrogen-bond donors (Lipinski definition) is 0. The lowest BCUT2D eigenvalue weighted by atomic mass is 10.0. The number of amides is 3. The highest BCUT2D eigenvalue weighted by molar-refractivity contribution is 6.14. The second kappa shape index (κ2) is 12.8. The zero-order chi connectivity index (χ0) is 33.0. The van der Waals surface area contributed by atoms with Crippen LogP contribution in [0.3, 0.4) is 0 Å². The third kappa shape index (κ3) is 6.77. The summed E-state index contributed by atoms with van der Waals surface area (Å²) in [5.74, 6) is -1.91. The van der Waals surface area contributed by atoms with Gasteiger partial charge in [-0.15, -0.1) is 0 Å². The molecule has 0 heterocycles. The first-order valence-corrected chi connectivity index (χ1v) is 13.0. The molecule has 0 radical (unpaired) electrons. The van der Waals surface area contributed by atoms with E-state index in [9.17, 15) is 44.7 Å². The Bertz CT molecular complexity index is 1600. The molecule has 0 spiro atoms. The molecule has 4 rings (SSSR count). The van der Waals surface area contributed by atoms with Gasteiger partial charge in [0, 0.05) is 91.3 Å². The summed E-state index contributed by atoms with van der Waals surface area (Å²) in [5, 5.41) is 33.1. The van der Waals surface area contributed by atoms with Crippen LogP contribution in [0.5, 0.6) is 0 Å². The van der Waals surface area contributed by atoms with E-state index in [1.54, 1.807) is 0 Å². The average molecular weight is 613 g/mol. The Morgan fingerprint density at radius 3 is 0.822 bits per heavy atom. The number of anilines is 3. The van der Waals surface area contributed by atoms with Crippen LogP contribution in [-0.2, 0) is 0 Å². The highest BCUT2D eigenvalue weighted by atomic mass is 16.6. The number of nitro benzene ring substituents is 3. The predicted molar refractivity (Wildman–Crippen MR) is 164 cm³/mol. The summed E-state index contributed by atoms with van der Waals surface area (Å²) in [7, 11) is 4.27. The lowest BCUT2D eigenvalue weighted by Crippen LogP contribution is -2.31. The molecule has 3 amide bonds. The second-order valence-electron chi connectivity index (χ2n) is 9.71. The van der Waals surface area contributed by atoms with Crippen molar-refractivity contribution in [1.29, 1.82) is 0 Å². The van der Waals surface area contributed by atoms with Gasteiger partial charge in [-0.2, -0.15) is 0 Å². The summed E-state index contributed by atoms with van der Waals surface area (Å²) in [4.78, 5) is 75.8. The Balaban J connectivity index is 1.74. The molecule has 15 nitrogen and oxygen atoms in total. The van der Waals surface area contributed by atoms with Crippen LogP contribution in [0.15, 0.2) is 91.0 Å². The number of carbonyl (C=O) groups excluding carboxylic acids is 3. The van der Waals surface area contributed by atoms with Crippen molar-refractivity contribution in [2.24, 2.45) is 0 Å². The largest absolute Gasteiger partial charge is 0.311 e. The highest BCUT2D eigenvalue weighted by Gasteiger charge is 2.24. The average Bonchev–Trinajstić information content (AvgIpc) is 3.06. The van der Waals surface area contributed by atoms with Crippen LogP contribution in [0.2, 0.25) is 0 Å². The molecule has 0 N–H and O–H groups in total. The van der Waals surface area contributed by atoms with E-state index in [1.807, 2.05) is 0 Å². The maximum atomic E-state index is 13.6. The molecular formula is C30H24N6O9. The van der Waals surface area contributed by atoms with Gasteiger partial charge in [0.05, 0.1) is 14.8 Å². The Kier molecular flexibility index (Phi) is 8.93. The van der Waals surface area contributed by atoms with Crippen LogP contribution in [-0.4, -0.2) is 53.6 Å². The van der Waals surface area contributed by atoms with Gasteiger partial charge in [0.25, 0.3) is 34.8 Å². The summed E-state index contributed by atoms with van der Waals surface area (Å²) in [6.07, 6.45) is 0. The van der Waals surface area contributed by atoms with Crippen molar-refractivity contribution < 1.29 is 29.2 Å². The minimum atomic E-state index is -0.636. The van der Waals surface area contributed by atoms with Gasteiger partial charge in [0.1, 0.15) is 0 Å². The van der Waals surface area contributed by atoms with E-state index in [2.05, 4.69) is 0 Å². The van der Waals surface area contributed by atoms with Gasteiger partial charge >= 0.3 is 0 Å². The summed E-state index contributed by atoms with van der Waals surface area (Å²) in [5.41, 5.74) is 0.220. The molecular weight excluding hydrogens is 588 g/mol. The molecule has 0 saturated carbocycles. The number of nitro groups is 3. The van der Waals surface area contributed by atoms with Gasteiger partial charge in [-0.3, -0.25) is 44.7 Å². The molecule has 0 bridgehead atoms. The van der Waals surface area contributed by atoms with Gasteiger partial charge in [-0.1, -0.05) is 0 Å². The van der Waals surface area contributed by atoms with Crippen molar-refractivity contribution >= 4 is 51.8 Å². The van der Waals surface area contributed by atoms with Gasteiger partial charge < -0.3 is 14.7 Å². The first-order valence-electron chi connectivity index (χ1n) is 13.0. The third-order valence-electron chi connectivity index (χ3n) is 6.93.